The summed E-state index contributed by atoms with van der Waals surface area (Å²) in [4.78, 5) is 14.1. The molecule has 4 heteroatoms. The van der Waals surface area contributed by atoms with Gasteiger partial charge in [0.15, 0.2) is 11.5 Å². The van der Waals surface area contributed by atoms with Crippen LogP contribution in [0.2, 0.25) is 0 Å². The highest BCUT2D eigenvalue weighted by Gasteiger charge is 2.15. The van der Waals surface area contributed by atoms with Crippen LogP contribution in [0.5, 0.6) is 11.5 Å². The van der Waals surface area contributed by atoms with Crippen LogP contribution in [0.3, 0.4) is 0 Å². The fourth-order valence-electron chi connectivity index (χ4n) is 2.04. The second-order valence-electron chi connectivity index (χ2n) is 4.77. The zero-order valence-corrected chi connectivity index (χ0v) is 12.7. The molecule has 110 valence electrons. The summed E-state index contributed by atoms with van der Waals surface area (Å²) in [5.41, 5.74) is 2.52. The van der Waals surface area contributed by atoms with Crippen molar-refractivity contribution in [2.45, 2.75) is 6.92 Å². The van der Waals surface area contributed by atoms with E-state index in [1.54, 1.807) is 38.3 Å². The molecule has 0 N–H and O–H groups in total. The number of rotatable bonds is 4. The van der Waals surface area contributed by atoms with Crippen LogP contribution in [0.4, 0.5) is 5.69 Å². The third-order valence-corrected chi connectivity index (χ3v) is 3.36. The van der Waals surface area contributed by atoms with Crippen LogP contribution in [0.1, 0.15) is 15.9 Å². The molecular formula is C17H19NO3. The van der Waals surface area contributed by atoms with Crippen LogP contribution >= 0.6 is 0 Å². The highest BCUT2D eigenvalue weighted by atomic mass is 16.5. The summed E-state index contributed by atoms with van der Waals surface area (Å²) >= 11 is 0. The molecular weight excluding hydrogens is 266 g/mol. The normalized spacial score (nSPS) is 10.1. The van der Waals surface area contributed by atoms with Crippen molar-refractivity contribution in [2.75, 3.05) is 26.2 Å². The van der Waals surface area contributed by atoms with E-state index in [0.717, 1.165) is 11.3 Å². The van der Waals surface area contributed by atoms with Crippen molar-refractivity contribution >= 4 is 11.6 Å². The number of benzene rings is 2. The highest BCUT2D eigenvalue weighted by molar-refractivity contribution is 6.05. The Kier molecular flexibility index (Phi) is 4.48. The van der Waals surface area contributed by atoms with Gasteiger partial charge in [0, 0.05) is 24.4 Å². The average molecular weight is 285 g/mol. The molecule has 0 saturated carbocycles. The zero-order valence-electron chi connectivity index (χ0n) is 12.7. The molecule has 21 heavy (non-hydrogen) atoms. The molecule has 0 fully saturated rings. The fourth-order valence-corrected chi connectivity index (χ4v) is 2.04. The number of carbonyl (C=O) groups excluding carboxylic acids is 1. The summed E-state index contributed by atoms with van der Waals surface area (Å²) in [5.74, 6) is 1.17. The number of hydrogen-bond donors (Lipinski definition) is 0. The Hall–Kier alpha value is -2.49. The Balaban J connectivity index is 2.28. The Bertz CT molecular complexity index is 635. The number of hydrogen-bond acceptors (Lipinski definition) is 3. The minimum atomic E-state index is -0.0674. The predicted octanol–water partition coefficient (Wildman–Crippen LogP) is 3.29. The second kappa shape index (κ2) is 6.31. The van der Waals surface area contributed by atoms with Crippen molar-refractivity contribution < 1.29 is 14.3 Å². The van der Waals surface area contributed by atoms with Gasteiger partial charge in [0.05, 0.1) is 14.2 Å². The van der Waals surface area contributed by atoms with Gasteiger partial charge in [-0.1, -0.05) is 17.7 Å². The molecule has 1 amide bonds. The molecule has 0 aromatic heterocycles. The lowest BCUT2D eigenvalue weighted by atomic mass is 10.1. The van der Waals surface area contributed by atoms with E-state index in [2.05, 4.69) is 0 Å². The number of ether oxygens (including phenoxy) is 2. The van der Waals surface area contributed by atoms with Crippen LogP contribution in [-0.4, -0.2) is 27.2 Å². The smallest absolute Gasteiger partial charge is 0.258 e. The lowest BCUT2D eigenvalue weighted by Crippen LogP contribution is -2.26. The van der Waals surface area contributed by atoms with Gasteiger partial charge >= 0.3 is 0 Å². The molecule has 0 unspecified atom stereocenters. The topological polar surface area (TPSA) is 38.8 Å². The summed E-state index contributed by atoms with van der Waals surface area (Å²) in [5, 5.41) is 0. The summed E-state index contributed by atoms with van der Waals surface area (Å²) in [6.07, 6.45) is 0. The maximum atomic E-state index is 12.5. The lowest BCUT2D eigenvalue weighted by Gasteiger charge is -2.19. The highest BCUT2D eigenvalue weighted by Crippen LogP contribution is 2.31. The van der Waals surface area contributed by atoms with Crippen molar-refractivity contribution in [3.8, 4) is 11.5 Å². The van der Waals surface area contributed by atoms with Crippen molar-refractivity contribution in [1.82, 2.24) is 0 Å². The number of nitrogens with zero attached hydrogens (tertiary/aromatic N) is 1. The SMILES string of the molecule is COc1ccc(N(C)C(=O)c2ccc(C)cc2)cc1OC. The molecule has 0 heterocycles. The molecule has 0 aliphatic heterocycles. The lowest BCUT2D eigenvalue weighted by molar-refractivity contribution is 0.0993. The van der Waals surface area contributed by atoms with Crippen molar-refractivity contribution in [1.29, 1.82) is 0 Å². The Morgan fingerprint density at radius 2 is 1.57 bits per heavy atom. The summed E-state index contributed by atoms with van der Waals surface area (Å²) in [7, 11) is 4.89. The maximum absolute atomic E-state index is 12.5. The van der Waals surface area contributed by atoms with Crippen LogP contribution in [0, 0.1) is 6.92 Å². The standard InChI is InChI=1S/C17H19NO3/c1-12-5-7-13(8-6-12)17(19)18(2)14-9-10-15(20-3)16(11-14)21-4/h5-11H,1-4H3. The molecule has 2 aromatic rings. The van der Waals surface area contributed by atoms with E-state index in [9.17, 15) is 4.79 Å². The molecule has 2 aromatic carbocycles. The first-order valence-electron chi connectivity index (χ1n) is 6.63. The predicted molar refractivity (Wildman–Crippen MR) is 83.5 cm³/mol. The summed E-state index contributed by atoms with van der Waals surface area (Å²) < 4.78 is 10.5. The van der Waals surface area contributed by atoms with Gasteiger partial charge < -0.3 is 14.4 Å². The van der Waals surface area contributed by atoms with E-state index in [0.29, 0.717) is 17.1 Å². The molecule has 0 aliphatic rings. The molecule has 0 aliphatic carbocycles. The average Bonchev–Trinajstić information content (AvgIpc) is 2.53. The van der Waals surface area contributed by atoms with Gasteiger partial charge in [0.2, 0.25) is 0 Å². The maximum Gasteiger partial charge on any atom is 0.258 e. The molecule has 0 saturated heterocycles. The van der Waals surface area contributed by atoms with E-state index in [1.165, 1.54) is 0 Å². The van der Waals surface area contributed by atoms with Gasteiger partial charge in [-0.15, -0.1) is 0 Å². The van der Waals surface area contributed by atoms with E-state index >= 15 is 0 Å². The molecule has 2 rings (SSSR count). The first-order chi connectivity index (χ1) is 10.1. The van der Waals surface area contributed by atoms with Crippen LogP contribution in [-0.2, 0) is 0 Å². The van der Waals surface area contributed by atoms with Gasteiger partial charge in [-0.2, -0.15) is 0 Å². The third-order valence-electron chi connectivity index (χ3n) is 3.36. The number of amides is 1. The molecule has 0 atom stereocenters. The van der Waals surface area contributed by atoms with Gasteiger partial charge in [0.25, 0.3) is 5.91 Å². The van der Waals surface area contributed by atoms with Gasteiger partial charge in [0.1, 0.15) is 0 Å². The minimum Gasteiger partial charge on any atom is -0.493 e. The largest absolute Gasteiger partial charge is 0.493 e. The van der Waals surface area contributed by atoms with Crippen molar-refractivity contribution in [3.63, 3.8) is 0 Å². The minimum absolute atomic E-state index is 0.0674. The first kappa shape index (κ1) is 14.9. The van der Waals surface area contributed by atoms with Crippen molar-refractivity contribution in [3.05, 3.63) is 53.6 Å². The number of aryl methyl sites for hydroxylation is 1. The summed E-state index contributed by atoms with van der Waals surface area (Å²) in [6.45, 7) is 1.99. The van der Waals surface area contributed by atoms with Crippen LogP contribution in [0.25, 0.3) is 0 Å². The van der Waals surface area contributed by atoms with Gasteiger partial charge in [-0.05, 0) is 31.2 Å². The second-order valence-corrected chi connectivity index (χ2v) is 4.77. The van der Waals surface area contributed by atoms with Crippen LogP contribution < -0.4 is 14.4 Å². The quantitative estimate of drug-likeness (QED) is 0.865. The number of carbonyl (C=O) groups is 1. The van der Waals surface area contributed by atoms with E-state index in [-0.39, 0.29) is 5.91 Å². The monoisotopic (exact) mass is 285 g/mol. The van der Waals surface area contributed by atoms with Gasteiger partial charge in [-0.25, -0.2) is 0 Å². The van der Waals surface area contributed by atoms with E-state index in [4.69, 9.17) is 9.47 Å². The number of methoxy groups -OCH3 is 2. The number of anilines is 1. The molecule has 0 radical (unpaired) electrons. The Morgan fingerprint density at radius 3 is 2.14 bits per heavy atom. The third kappa shape index (κ3) is 3.16. The fraction of sp³-hybridized carbons (Fsp3) is 0.235. The van der Waals surface area contributed by atoms with Crippen LogP contribution in [0.15, 0.2) is 42.5 Å². The van der Waals surface area contributed by atoms with E-state index in [1.807, 2.05) is 37.3 Å². The molecule has 0 spiro atoms. The Morgan fingerprint density at radius 1 is 0.952 bits per heavy atom. The van der Waals surface area contributed by atoms with Gasteiger partial charge in [-0.3, -0.25) is 4.79 Å². The van der Waals surface area contributed by atoms with E-state index < -0.39 is 0 Å². The Labute approximate surface area is 124 Å². The first-order valence-corrected chi connectivity index (χ1v) is 6.63. The summed E-state index contributed by atoms with van der Waals surface area (Å²) in [6, 6.07) is 12.9. The van der Waals surface area contributed by atoms with Crippen molar-refractivity contribution in [2.24, 2.45) is 0 Å². The zero-order chi connectivity index (χ0) is 15.4. The molecule has 0 bridgehead atoms. The molecule has 4 nitrogen and oxygen atoms in total.